The van der Waals surface area contributed by atoms with Crippen LogP contribution in [0.1, 0.15) is 49.3 Å². The van der Waals surface area contributed by atoms with Gasteiger partial charge in [0.05, 0.1) is 8.95 Å². The van der Waals surface area contributed by atoms with Crippen molar-refractivity contribution in [1.29, 1.82) is 0 Å². The van der Waals surface area contributed by atoms with Crippen LogP contribution in [0.4, 0.5) is 0 Å². The van der Waals surface area contributed by atoms with E-state index in [4.69, 9.17) is 4.74 Å². The number of nitrogens with zero attached hydrogens (tertiary/aromatic N) is 1. The fraction of sp³-hybridized carbons (Fsp3) is 0.381. The van der Waals surface area contributed by atoms with Gasteiger partial charge in [-0.2, -0.15) is 0 Å². The highest BCUT2D eigenvalue weighted by Crippen LogP contribution is 2.35. The number of halogens is 2. The average Bonchev–Trinajstić information content (AvgIpc) is 2.59. The number of aryl methyl sites for hydroxylation is 1. The Hall–Kier alpha value is -1.13. The molecule has 134 valence electrons. The zero-order chi connectivity index (χ0) is 18.1. The molecule has 0 aliphatic rings. The van der Waals surface area contributed by atoms with Crippen molar-refractivity contribution in [2.24, 2.45) is 4.99 Å². The third-order valence-corrected chi connectivity index (χ3v) is 5.08. The number of unbranched alkanes of at least 4 members (excludes halogenated alkanes) is 3. The van der Waals surface area contributed by atoms with Crippen LogP contribution in [0, 0.1) is 6.92 Å². The van der Waals surface area contributed by atoms with Gasteiger partial charge >= 0.3 is 0 Å². The Bertz CT molecular complexity index is 673. The smallest absolute Gasteiger partial charge is 0.148 e. The standard InChI is InChI=1S/C21H25Br2NO/c1-3-4-5-6-11-24-14-18-12-19(22)21(20(23)13-18)25-15-17-9-7-16(2)8-10-17/h7-10,12-14H,3-6,11,15H2,1-2H3. The summed E-state index contributed by atoms with van der Waals surface area (Å²) >= 11 is 7.22. The lowest BCUT2D eigenvalue weighted by Gasteiger charge is -2.11. The molecule has 2 aromatic carbocycles. The maximum atomic E-state index is 5.98. The molecule has 4 heteroatoms. The lowest BCUT2D eigenvalue weighted by atomic mass is 10.2. The number of benzene rings is 2. The molecule has 0 amide bonds. The summed E-state index contributed by atoms with van der Waals surface area (Å²) in [5.74, 6) is 0.820. The summed E-state index contributed by atoms with van der Waals surface area (Å²) < 4.78 is 7.84. The molecule has 0 spiro atoms. The predicted molar refractivity (Wildman–Crippen MR) is 114 cm³/mol. The molecule has 2 rings (SSSR count). The molecule has 0 bridgehead atoms. The highest BCUT2D eigenvalue weighted by Gasteiger charge is 2.09. The van der Waals surface area contributed by atoms with Crippen LogP contribution >= 0.6 is 31.9 Å². The number of hydrogen-bond acceptors (Lipinski definition) is 2. The number of rotatable bonds is 9. The molecule has 0 radical (unpaired) electrons. The van der Waals surface area contributed by atoms with Gasteiger partial charge in [-0.1, -0.05) is 56.0 Å². The average molecular weight is 467 g/mol. The second-order valence-corrected chi connectivity index (χ2v) is 7.89. The molecule has 0 aromatic heterocycles. The summed E-state index contributed by atoms with van der Waals surface area (Å²) in [6, 6.07) is 12.5. The minimum Gasteiger partial charge on any atom is -0.487 e. The van der Waals surface area contributed by atoms with Crippen LogP contribution in [0.15, 0.2) is 50.3 Å². The largest absolute Gasteiger partial charge is 0.487 e. The summed E-state index contributed by atoms with van der Waals surface area (Å²) in [5, 5.41) is 0. The Morgan fingerprint density at radius 3 is 2.32 bits per heavy atom. The van der Waals surface area contributed by atoms with Crippen LogP contribution in [0.5, 0.6) is 5.75 Å². The molecule has 0 aliphatic heterocycles. The van der Waals surface area contributed by atoms with Crippen LogP contribution in [0.25, 0.3) is 0 Å². The molecule has 0 fully saturated rings. The van der Waals surface area contributed by atoms with E-state index in [1.807, 2.05) is 18.3 Å². The molecule has 25 heavy (non-hydrogen) atoms. The van der Waals surface area contributed by atoms with E-state index in [2.05, 4.69) is 75.0 Å². The lowest BCUT2D eigenvalue weighted by Crippen LogP contribution is -1.98. The quantitative estimate of drug-likeness (QED) is 0.285. The molecular formula is C21H25Br2NO. The Labute approximate surface area is 168 Å². The molecule has 0 aliphatic carbocycles. The summed E-state index contributed by atoms with van der Waals surface area (Å²) in [4.78, 5) is 4.52. The molecule has 0 N–H and O–H groups in total. The first kappa shape index (κ1) is 20.2. The van der Waals surface area contributed by atoms with Crippen LogP contribution in [-0.4, -0.2) is 12.8 Å². The van der Waals surface area contributed by atoms with Gasteiger partial charge in [0.15, 0.2) is 0 Å². The molecule has 0 saturated carbocycles. The minimum absolute atomic E-state index is 0.544. The molecule has 0 atom stereocenters. The fourth-order valence-corrected chi connectivity index (χ4v) is 3.88. The maximum absolute atomic E-state index is 5.98. The summed E-state index contributed by atoms with van der Waals surface area (Å²) in [6.07, 6.45) is 6.90. The van der Waals surface area contributed by atoms with Gasteiger partial charge in [0, 0.05) is 12.8 Å². The molecule has 2 aromatic rings. The molecule has 2 nitrogen and oxygen atoms in total. The first-order valence-electron chi connectivity index (χ1n) is 8.77. The van der Waals surface area contributed by atoms with Crippen LogP contribution in [-0.2, 0) is 6.61 Å². The van der Waals surface area contributed by atoms with Gasteiger partial charge in [0.25, 0.3) is 0 Å². The highest BCUT2D eigenvalue weighted by atomic mass is 79.9. The van der Waals surface area contributed by atoms with Crippen molar-refractivity contribution in [2.45, 2.75) is 46.1 Å². The first-order valence-corrected chi connectivity index (χ1v) is 10.4. The zero-order valence-electron chi connectivity index (χ0n) is 14.9. The van der Waals surface area contributed by atoms with E-state index in [1.54, 1.807) is 0 Å². The van der Waals surface area contributed by atoms with Crippen molar-refractivity contribution in [3.05, 3.63) is 62.0 Å². The van der Waals surface area contributed by atoms with Gasteiger partial charge in [-0.25, -0.2) is 0 Å². The number of hydrogen-bond donors (Lipinski definition) is 0. The second-order valence-electron chi connectivity index (χ2n) is 6.18. The third kappa shape index (κ3) is 6.95. The van der Waals surface area contributed by atoms with Crippen LogP contribution < -0.4 is 4.74 Å². The Morgan fingerprint density at radius 1 is 1.00 bits per heavy atom. The molecular weight excluding hydrogens is 442 g/mol. The molecule has 0 heterocycles. The number of ether oxygens (including phenoxy) is 1. The predicted octanol–water partition coefficient (Wildman–Crippen LogP) is 7.10. The molecule has 0 saturated heterocycles. The summed E-state index contributed by atoms with van der Waals surface area (Å²) in [6.45, 7) is 5.74. The van der Waals surface area contributed by atoms with Crippen molar-refractivity contribution in [2.75, 3.05) is 6.54 Å². The van der Waals surface area contributed by atoms with E-state index < -0.39 is 0 Å². The number of aliphatic imine (C=N–C) groups is 1. The summed E-state index contributed by atoms with van der Waals surface area (Å²) in [5.41, 5.74) is 3.48. The van der Waals surface area contributed by atoms with Gasteiger partial charge in [-0.3, -0.25) is 4.99 Å². The SMILES string of the molecule is CCCCCCN=Cc1cc(Br)c(OCc2ccc(C)cc2)c(Br)c1. The van der Waals surface area contributed by atoms with E-state index in [1.165, 1.54) is 24.8 Å². The normalized spacial score (nSPS) is 11.2. The third-order valence-electron chi connectivity index (χ3n) is 3.91. The van der Waals surface area contributed by atoms with Crippen molar-refractivity contribution in [1.82, 2.24) is 0 Å². The maximum Gasteiger partial charge on any atom is 0.148 e. The van der Waals surface area contributed by atoms with E-state index >= 15 is 0 Å². The Morgan fingerprint density at radius 2 is 1.68 bits per heavy atom. The Kier molecular flexibility index (Phi) is 8.70. The van der Waals surface area contributed by atoms with E-state index in [0.29, 0.717) is 6.61 Å². The topological polar surface area (TPSA) is 21.6 Å². The zero-order valence-corrected chi connectivity index (χ0v) is 18.1. The van der Waals surface area contributed by atoms with Gasteiger partial charge < -0.3 is 4.74 Å². The van der Waals surface area contributed by atoms with Crippen molar-refractivity contribution in [3.8, 4) is 5.75 Å². The van der Waals surface area contributed by atoms with Gasteiger partial charge in [0.2, 0.25) is 0 Å². The van der Waals surface area contributed by atoms with Gasteiger partial charge in [-0.15, -0.1) is 0 Å². The van der Waals surface area contributed by atoms with E-state index in [0.717, 1.165) is 38.8 Å². The monoisotopic (exact) mass is 465 g/mol. The molecule has 0 unspecified atom stereocenters. The Balaban J connectivity index is 1.94. The fourth-order valence-electron chi connectivity index (χ4n) is 2.43. The van der Waals surface area contributed by atoms with Crippen molar-refractivity contribution in [3.63, 3.8) is 0 Å². The van der Waals surface area contributed by atoms with Crippen molar-refractivity contribution >= 4 is 38.1 Å². The lowest BCUT2D eigenvalue weighted by molar-refractivity contribution is 0.302. The van der Waals surface area contributed by atoms with E-state index in [-0.39, 0.29) is 0 Å². The second kappa shape index (κ2) is 10.8. The van der Waals surface area contributed by atoms with Crippen LogP contribution in [0.3, 0.4) is 0 Å². The van der Waals surface area contributed by atoms with E-state index in [9.17, 15) is 0 Å². The van der Waals surface area contributed by atoms with Gasteiger partial charge in [-0.05, 0) is 68.5 Å². The van der Waals surface area contributed by atoms with Gasteiger partial charge in [0.1, 0.15) is 12.4 Å². The highest BCUT2D eigenvalue weighted by molar-refractivity contribution is 9.11. The summed E-state index contributed by atoms with van der Waals surface area (Å²) in [7, 11) is 0. The first-order chi connectivity index (χ1) is 12.1. The van der Waals surface area contributed by atoms with Crippen LogP contribution in [0.2, 0.25) is 0 Å². The minimum atomic E-state index is 0.544. The van der Waals surface area contributed by atoms with Crippen molar-refractivity contribution < 1.29 is 4.74 Å².